The molecule has 0 atom stereocenters. The SMILES string of the molecule is CCOC(=O)N1C(=O)c2ccccc2C1=O.CCOC(=O)N1C(=O)c2ccccc2C1=O. The maximum absolute atomic E-state index is 11.7. The zero-order valence-corrected chi connectivity index (χ0v) is 17.2. The number of nitrogens with zero attached hydrogens (tertiary/aromatic N) is 2. The van der Waals surface area contributed by atoms with E-state index >= 15 is 0 Å². The molecule has 32 heavy (non-hydrogen) atoms. The van der Waals surface area contributed by atoms with E-state index in [4.69, 9.17) is 0 Å². The molecule has 0 aromatic heterocycles. The van der Waals surface area contributed by atoms with Gasteiger partial charge in [-0.1, -0.05) is 24.3 Å². The second kappa shape index (κ2) is 9.21. The van der Waals surface area contributed by atoms with Gasteiger partial charge in [-0.2, -0.15) is 9.80 Å². The molecule has 2 aliphatic heterocycles. The van der Waals surface area contributed by atoms with E-state index in [1.54, 1.807) is 38.1 Å². The molecule has 0 unspecified atom stereocenters. The quantitative estimate of drug-likeness (QED) is 0.655. The Morgan fingerprint density at radius 2 is 0.844 bits per heavy atom. The predicted molar refractivity (Wildman–Crippen MR) is 108 cm³/mol. The van der Waals surface area contributed by atoms with Crippen LogP contribution in [0.1, 0.15) is 55.3 Å². The van der Waals surface area contributed by atoms with Crippen LogP contribution in [-0.4, -0.2) is 58.8 Å². The largest absolute Gasteiger partial charge is 0.449 e. The molecule has 4 rings (SSSR count). The number of hydrogen-bond acceptors (Lipinski definition) is 8. The Kier molecular flexibility index (Phi) is 6.43. The molecule has 164 valence electrons. The van der Waals surface area contributed by atoms with E-state index in [0.29, 0.717) is 9.80 Å². The Labute approximate surface area is 182 Å². The summed E-state index contributed by atoms with van der Waals surface area (Å²) in [6.45, 7) is 3.45. The van der Waals surface area contributed by atoms with E-state index in [9.17, 15) is 28.8 Å². The predicted octanol–water partition coefficient (Wildman–Crippen LogP) is 2.88. The van der Waals surface area contributed by atoms with E-state index in [1.165, 1.54) is 24.3 Å². The van der Waals surface area contributed by atoms with Crippen LogP contribution >= 0.6 is 0 Å². The number of carbonyl (C=O) groups excluding carboxylic acids is 6. The number of imide groups is 6. The highest BCUT2D eigenvalue weighted by atomic mass is 16.6. The van der Waals surface area contributed by atoms with Crippen LogP contribution < -0.4 is 0 Å². The van der Waals surface area contributed by atoms with Crippen molar-refractivity contribution in [2.45, 2.75) is 13.8 Å². The Morgan fingerprint density at radius 3 is 1.06 bits per heavy atom. The monoisotopic (exact) mass is 438 g/mol. The summed E-state index contributed by atoms with van der Waals surface area (Å²) in [5, 5.41) is 0. The molecule has 2 aromatic carbocycles. The molecule has 0 saturated heterocycles. The first-order chi connectivity index (χ1) is 15.3. The van der Waals surface area contributed by atoms with Gasteiger partial charge in [-0.05, 0) is 38.1 Å². The lowest BCUT2D eigenvalue weighted by atomic mass is 10.1. The van der Waals surface area contributed by atoms with Gasteiger partial charge in [0.05, 0.1) is 35.5 Å². The lowest BCUT2D eigenvalue weighted by Crippen LogP contribution is -2.36. The lowest BCUT2D eigenvalue weighted by molar-refractivity contribution is 0.0572. The molecule has 10 nitrogen and oxygen atoms in total. The van der Waals surface area contributed by atoms with Crippen LogP contribution in [0.3, 0.4) is 0 Å². The molecule has 2 aromatic rings. The van der Waals surface area contributed by atoms with Gasteiger partial charge in [0.1, 0.15) is 0 Å². The highest BCUT2D eigenvalue weighted by Gasteiger charge is 2.41. The summed E-state index contributed by atoms with van der Waals surface area (Å²) in [6, 6.07) is 12.6. The lowest BCUT2D eigenvalue weighted by Gasteiger charge is -2.10. The standard InChI is InChI=1S/2C11H9NO4/c2*1-2-16-11(15)12-9(13)7-5-3-4-6-8(7)10(12)14/h2*3-6H,2H2,1H3. The first-order valence-corrected chi connectivity index (χ1v) is 9.62. The summed E-state index contributed by atoms with van der Waals surface area (Å²) in [6.07, 6.45) is -1.84. The number of fused-ring (bicyclic) bond motifs is 2. The summed E-state index contributed by atoms with van der Waals surface area (Å²) in [4.78, 5) is 70.7. The van der Waals surface area contributed by atoms with E-state index in [2.05, 4.69) is 9.47 Å². The van der Waals surface area contributed by atoms with Crippen LogP contribution in [0.25, 0.3) is 0 Å². The Hall–Kier alpha value is -4.34. The van der Waals surface area contributed by atoms with Gasteiger partial charge in [0.25, 0.3) is 23.6 Å². The molecular weight excluding hydrogens is 420 g/mol. The van der Waals surface area contributed by atoms with Crippen molar-refractivity contribution in [3.63, 3.8) is 0 Å². The van der Waals surface area contributed by atoms with Crippen LogP contribution in [0.2, 0.25) is 0 Å². The van der Waals surface area contributed by atoms with Crippen molar-refractivity contribution in [2.75, 3.05) is 13.2 Å². The molecule has 0 N–H and O–H groups in total. The third-order valence-electron chi connectivity index (χ3n) is 4.49. The molecule has 0 bridgehead atoms. The zero-order chi connectivity index (χ0) is 23.4. The molecule has 0 fully saturated rings. The van der Waals surface area contributed by atoms with Crippen LogP contribution in [0.4, 0.5) is 9.59 Å². The van der Waals surface area contributed by atoms with Crippen molar-refractivity contribution in [1.29, 1.82) is 0 Å². The van der Waals surface area contributed by atoms with Crippen LogP contribution in [0.5, 0.6) is 0 Å². The van der Waals surface area contributed by atoms with Crippen LogP contribution in [0.15, 0.2) is 48.5 Å². The van der Waals surface area contributed by atoms with Gasteiger partial charge in [0, 0.05) is 0 Å². The van der Waals surface area contributed by atoms with Crippen molar-refractivity contribution in [2.24, 2.45) is 0 Å². The van der Waals surface area contributed by atoms with Crippen LogP contribution in [0, 0.1) is 0 Å². The molecule has 0 radical (unpaired) electrons. The number of carbonyl (C=O) groups is 6. The Bertz CT molecular complexity index is 981. The average molecular weight is 438 g/mol. The molecule has 10 heteroatoms. The minimum Gasteiger partial charge on any atom is -0.449 e. The topological polar surface area (TPSA) is 127 Å². The van der Waals surface area contributed by atoms with E-state index in [-0.39, 0.29) is 35.5 Å². The van der Waals surface area contributed by atoms with Crippen LogP contribution in [-0.2, 0) is 9.47 Å². The fraction of sp³-hybridized carbons (Fsp3) is 0.182. The minimum absolute atomic E-state index is 0.117. The maximum atomic E-state index is 11.7. The number of rotatable bonds is 2. The Balaban J connectivity index is 0.000000181. The second-order valence-electron chi connectivity index (χ2n) is 6.38. The van der Waals surface area contributed by atoms with E-state index < -0.39 is 35.8 Å². The van der Waals surface area contributed by atoms with Gasteiger partial charge in [-0.15, -0.1) is 0 Å². The number of hydrogen-bond donors (Lipinski definition) is 0. The zero-order valence-electron chi connectivity index (χ0n) is 17.2. The fourth-order valence-corrected chi connectivity index (χ4v) is 3.09. The summed E-state index contributed by atoms with van der Waals surface area (Å²) < 4.78 is 9.29. The second-order valence-corrected chi connectivity index (χ2v) is 6.38. The smallest absolute Gasteiger partial charge is 0.424 e. The average Bonchev–Trinajstić information content (AvgIpc) is 3.19. The van der Waals surface area contributed by atoms with E-state index in [0.717, 1.165) is 0 Å². The van der Waals surface area contributed by atoms with Gasteiger partial charge in [-0.25, -0.2) is 9.59 Å². The molecule has 2 aliphatic rings. The molecule has 0 spiro atoms. The maximum Gasteiger partial charge on any atom is 0.424 e. The van der Waals surface area contributed by atoms with Crippen molar-refractivity contribution in [1.82, 2.24) is 9.80 Å². The molecule has 0 aliphatic carbocycles. The van der Waals surface area contributed by atoms with Gasteiger partial charge < -0.3 is 9.47 Å². The van der Waals surface area contributed by atoms with Gasteiger partial charge in [0.15, 0.2) is 0 Å². The van der Waals surface area contributed by atoms with Crippen molar-refractivity contribution < 1.29 is 38.2 Å². The Morgan fingerprint density at radius 1 is 0.594 bits per heavy atom. The highest BCUT2D eigenvalue weighted by molar-refractivity contribution is 6.28. The molecule has 0 saturated carbocycles. The van der Waals surface area contributed by atoms with Gasteiger partial charge in [-0.3, -0.25) is 19.2 Å². The number of amides is 6. The summed E-state index contributed by atoms with van der Waals surface area (Å²) in [5.41, 5.74) is 0.946. The summed E-state index contributed by atoms with van der Waals surface area (Å²) in [5.74, 6) is -2.50. The van der Waals surface area contributed by atoms with Crippen molar-refractivity contribution >= 4 is 35.8 Å². The normalized spacial score (nSPS) is 13.9. The van der Waals surface area contributed by atoms with Crippen molar-refractivity contribution in [3.05, 3.63) is 70.8 Å². The number of ether oxygens (including phenoxy) is 2. The fourth-order valence-electron chi connectivity index (χ4n) is 3.09. The highest BCUT2D eigenvalue weighted by Crippen LogP contribution is 2.24. The van der Waals surface area contributed by atoms with E-state index in [1.807, 2.05) is 0 Å². The minimum atomic E-state index is -0.922. The number of benzene rings is 2. The van der Waals surface area contributed by atoms with Gasteiger partial charge >= 0.3 is 12.2 Å². The molecular formula is C22H18N2O8. The molecule has 6 amide bonds. The third-order valence-corrected chi connectivity index (χ3v) is 4.49. The third kappa shape index (κ3) is 3.85. The first kappa shape index (κ1) is 22.3. The van der Waals surface area contributed by atoms with Crippen molar-refractivity contribution in [3.8, 4) is 0 Å². The molecule has 2 heterocycles. The summed E-state index contributed by atoms with van der Waals surface area (Å²) >= 11 is 0. The first-order valence-electron chi connectivity index (χ1n) is 9.62. The van der Waals surface area contributed by atoms with Gasteiger partial charge in [0.2, 0.25) is 0 Å². The summed E-state index contributed by atoms with van der Waals surface area (Å²) in [7, 11) is 0.